The van der Waals surface area contributed by atoms with Crippen LogP contribution in [0, 0.1) is 0 Å². The summed E-state index contributed by atoms with van der Waals surface area (Å²) in [5.41, 5.74) is 0.606. The molecule has 1 atom stereocenters. The first-order valence-corrected chi connectivity index (χ1v) is 12.1. The Labute approximate surface area is 200 Å². The Kier molecular flexibility index (Phi) is 6.35. The molecule has 0 saturated heterocycles. The van der Waals surface area contributed by atoms with Crippen LogP contribution in [0.1, 0.15) is 43.7 Å². The zero-order valence-electron chi connectivity index (χ0n) is 19.0. The minimum atomic E-state index is -0.469. The van der Waals surface area contributed by atoms with Crippen LogP contribution < -0.4 is 29.0 Å². The zero-order chi connectivity index (χ0) is 23.5. The number of hydrogen-bond donors (Lipinski definition) is 0. The highest BCUT2D eigenvalue weighted by atomic mass is 32.1. The smallest absolute Gasteiger partial charge is 0.291 e. The van der Waals surface area contributed by atoms with Gasteiger partial charge in [-0.2, -0.15) is 9.50 Å². The van der Waals surface area contributed by atoms with E-state index in [1.165, 1.54) is 15.9 Å². The minimum absolute atomic E-state index is 0.227. The molecule has 3 heterocycles. The third-order valence-corrected chi connectivity index (χ3v) is 6.44. The van der Waals surface area contributed by atoms with Crippen molar-refractivity contribution in [2.75, 3.05) is 20.3 Å². The molecule has 1 aliphatic rings. The van der Waals surface area contributed by atoms with Gasteiger partial charge < -0.3 is 18.9 Å². The largest absolute Gasteiger partial charge is 0.493 e. The van der Waals surface area contributed by atoms with Crippen LogP contribution in [-0.4, -0.2) is 34.9 Å². The van der Waals surface area contributed by atoms with Gasteiger partial charge in [0, 0.05) is 0 Å². The van der Waals surface area contributed by atoms with Gasteiger partial charge in [-0.25, -0.2) is 0 Å². The molecular weight excluding hydrogens is 454 g/mol. The molecule has 0 saturated carbocycles. The standard InChI is InChI=1S/C25H25N3O5S/c1-3-4-7-12-31-18-11-10-16(13-20(18)30-2)14-22-24(29)28-25(34-22)26-23(27-28)21-15-32-17-8-5-6-9-19(17)33-21/h5-6,8-11,13-14,21H,3-4,7,12,15H2,1-2H3/b22-14+/t21-/m0/s1. The van der Waals surface area contributed by atoms with Crippen molar-refractivity contribution in [3.05, 3.63) is 68.7 Å². The van der Waals surface area contributed by atoms with Gasteiger partial charge >= 0.3 is 0 Å². The number of benzene rings is 2. The van der Waals surface area contributed by atoms with Crippen molar-refractivity contribution in [1.82, 2.24) is 14.6 Å². The Morgan fingerprint density at radius 2 is 2.03 bits per heavy atom. The summed E-state index contributed by atoms with van der Waals surface area (Å²) in [4.78, 5) is 18.0. The third kappa shape index (κ3) is 4.43. The highest BCUT2D eigenvalue weighted by molar-refractivity contribution is 7.15. The van der Waals surface area contributed by atoms with E-state index in [1.54, 1.807) is 7.11 Å². The molecule has 2 aromatic carbocycles. The van der Waals surface area contributed by atoms with Crippen molar-refractivity contribution in [1.29, 1.82) is 0 Å². The molecule has 0 amide bonds. The number of ether oxygens (including phenoxy) is 4. The molecule has 1 aliphatic heterocycles. The molecule has 34 heavy (non-hydrogen) atoms. The van der Waals surface area contributed by atoms with E-state index in [2.05, 4.69) is 17.0 Å². The Hall–Kier alpha value is -3.59. The van der Waals surface area contributed by atoms with Crippen LogP contribution in [-0.2, 0) is 0 Å². The Balaban J connectivity index is 1.37. The topological polar surface area (TPSA) is 84.2 Å². The molecular formula is C25H25N3O5S. The Bertz CT molecular complexity index is 1410. The molecule has 0 radical (unpaired) electrons. The van der Waals surface area contributed by atoms with Gasteiger partial charge in [-0.05, 0) is 42.3 Å². The van der Waals surface area contributed by atoms with Gasteiger partial charge in [0.15, 0.2) is 34.9 Å². The molecule has 0 N–H and O–H groups in total. The van der Waals surface area contributed by atoms with Crippen LogP contribution in [0.25, 0.3) is 11.0 Å². The van der Waals surface area contributed by atoms with E-state index in [-0.39, 0.29) is 12.2 Å². The van der Waals surface area contributed by atoms with Crippen molar-refractivity contribution >= 4 is 22.4 Å². The van der Waals surface area contributed by atoms with Gasteiger partial charge in [0.25, 0.3) is 5.56 Å². The number of para-hydroxylation sites is 2. The molecule has 4 aromatic rings. The van der Waals surface area contributed by atoms with Crippen molar-refractivity contribution in [3.8, 4) is 23.0 Å². The molecule has 0 aliphatic carbocycles. The summed E-state index contributed by atoms with van der Waals surface area (Å²) in [7, 11) is 1.61. The lowest BCUT2D eigenvalue weighted by molar-refractivity contribution is 0.0852. The Morgan fingerprint density at radius 1 is 1.18 bits per heavy atom. The predicted molar refractivity (Wildman–Crippen MR) is 129 cm³/mol. The molecule has 0 bridgehead atoms. The van der Waals surface area contributed by atoms with E-state index in [4.69, 9.17) is 18.9 Å². The first kappa shape index (κ1) is 22.2. The number of unbranched alkanes of at least 4 members (excludes halogenated alkanes) is 2. The van der Waals surface area contributed by atoms with E-state index in [1.807, 2.05) is 48.5 Å². The third-order valence-electron chi connectivity index (χ3n) is 5.49. The Morgan fingerprint density at radius 3 is 2.82 bits per heavy atom. The monoisotopic (exact) mass is 479 g/mol. The number of nitrogens with zero attached hydrogens (tertiary/aromatic N) is 3. The fourth-order valence-corrected chi connectivity index (χ4v) is 4.63. The molecule has 0 spiro atoms. The van der Waals surface area contributed by atoms with E-state index < -0.39 is 6.10 Å². The van der Waals surface area contributed by atoms with Crippen LogP contribution >= 0.6 is 11.3 Å². The van der Waals surface area contributed by atoms with Crippen LogP contribution in [0.4, 0.5) is 0 Å². The molecule has 0 unspecified atom stereocenters. The summed E-state index contributed by atoms with van der Waals surface area (Å²) < 4.78 is 24.9. The lowest BCUT2D eigenvalue weighted by atomic mass is 10.2. The lowest BCUT2D eigenvalue weighted by Gasteiger charge is -2.24. The van der Waals surface area contributed by atoms with Gasteiger partial charge in [0.2, 0.25) is 4.96 Å². The SMILES string of the molecule is CCCCCOc1ccc(/C=c2/sc3nc([C@@H]4COc5ccccc5O4)nn3c2=O)cc1OC. The van der Waals surface area contributed by atoms with Gasteiger partial charge in [-0.3, -0.25) is 4.79 Å². The van der Waals surface area contributed by atoms with Crippen molar-refractivity contribution in [2.24, 2.45) is 0 Å². The summed E-state index contributed by atoms with van der Waals surface area (Å²) in [6.45, 7) is 3.09. The molecule has 2 aromatic heterocycles. The van der Waals surface area contributed by atoms with E-state index in [0.29, 0.717) is 44.9 Å². The number of thiazole rings is 1. The molecule has 5 rings (SSSR count). The number of methoxy groups -OCH3 is 1. The average Bonchev–Trinajstić information content (AvgIpc) is 3.41. The first-order chi connectivity index (χ1) is 16.7. The lowest BCUT2D eigenvalue weighted by Crippen LogP contribution is -2.26. The second-order valence-electron chi connectivity index (χ2n) is 7.91. The summed E-state index contributed by atoms with van der Waals surface area (Å²) in [6.07, 6.45) is 4.61. The maximum atomic E-state index is 13.0. The summed E-state index contributed by atoms with van der Waals surface area (Å²) >= 11 is 1.28. The maximum absolute atomic E-state index is 13.0. The molecule has 0 fully saturated rings. The van der Waals surface area contributed by atoms with Crippen LogP contribution in [0.5, 0.6) is 23.0 Å². The van der Waals surface area contributed by atoms with Gasteiger partial charge in [0.05, 0.1) is 18.2 Å². The van der Waals surface area contributed by atoms with Crippen LogP contribution in [0.3, 0.4) is 0 Å². The average molecular weight is 480 g/mol. The molecule has 9 heteroatoms. The van der Waals surface area contributed by atoms with Crippen molar-refractivity contribution in [3.63, 3.8) is 0 Å². The first-order valence-electron chi connectivity index (χ1n) is 11.3. The number of aromatic nitrogens is 3. The second-order valence-corrected chi connectivity index (χ2v) is 8.92. The summed E-state index contributed by atoms with van der Waals surface area (Å²) in [5.74, 6) is 3.08. The fraction of sp³-hybridized carbons (Fsp3) is 0.320. The maximum Gasteiger partial charge on any atom is 0.291 e. The highest BCUT2D eigenvalue weighted by Crippen LogP contribution is 2.35. The van der Waals surface area contributed by atoms with Crippen LogP contribution in [0.2, 0.25) is 0 Å². The number of fused-ring (bicyclic) bond motifs is 2. The van der Waals surface area contributed by atoms with E-state index in [9.17, 15) is 4.79 Å². The van der Waals surface area contributed by atoms with E-state index >= 15 is 0 Å². The number of rotatable bonds is 8. The normalized spacial score (nSPS) is 15.6. The van der Waals surface area contributed by atoms with Crippen molar-refractivity contribution in [2.45, 2.75) is 32.3 Å². The molecule has 8 nitrogen and oxygen atoms in total. The minimum Gasteiger partial charge on any atom is -0.493 e. The van der Waals surface area contributed by atoms with Gasteiger partial charge in [0.1, 0.15) is 6.61 Å². The zero-order valence-corrected chi connectivity index (χ0v) is 19.8. The fourth-order valence-electron chi connectivity index (χ4n) is 3.71. The molecule has 176 valence electrons. The predicted octanol–water partition coefficient (Wildman–Crippen LogP) is 3.79. The summed E-state index contributed by atoms with van der Waals surface area (Å²) in [5, 5.41) is 4.40. The van der Waals surface area contributed by atoms with Gasteiger partial charge in [-0.1, -0.05) is 49.3 Å². The second kappa shape index (κ2) is 9.72. The number of hydrogen-bond acceptors (Lipinski definition) is 8. The highest BCUT2D eigenvalue weighted by Gasteiger charge is 2.27. The quantitative estimate of drug-likeness (QED) is 0.356. The van der Waals surface area contributed by atoms with Crippen molar-refractivity contribution < 1.29 is 18.9 Å². The van der Waals surface area contributed by atoms with Crippen LogP contribution in [0.15, 0.2) is 47.3 Å². The van der Waals surface area contributed by atoms with E-state index in [0.717, 1.165) is 24.8 Å². The van der Waals surface area contributed by atoms with Gasteiger partial charge in [-0.15, -0.1) is 5.10 Å². The summed E-state index contributed by atoms with van der Waals surface area (Å²) in [6, 6.07) is 13.1.